The van der Waals surface area contributed by atoms with E-state index in [0.29, 0.717) is 25.1 Å². The van der Waals surface area contributed by atoms with Gasteiger partial charge in [0.2, 0.25) is 10.0 Å². The lowest BCUT2D eigenvalue weighted by Crippen LogP contribution is -2.41. The fourth-order valence-corrected chi connectivity index (χ4v) is 4.08. The number of nitrogens with zero attached hydrogens (tertiary/aromatic N) is 1. The first-order valence-corrected chi connectivity index (χ1v) is 10.5. The Bertz CT molecular complexity index is 720. The SMILES string of the molecule is CSc1cccc(NC(=O)COC(=O)[C@@H]2CCCN2S(C)(=O)=O)c1. The van der Waals surface area contributed by atoms with Crippen LogP contribution in [0.4, 0.5) is 5.69 Å². The van der Waals surface area contributed by atoms with Crippen LogP contribution in [0.2, 0.25) is 0 Å². The molecule has 24 heavy (non-hydrogen) atoms. The highest BCUT2D eigenvalue weighted by atomic mass is 32.2. The molecule has 1 amide bonds. The molecule has 0 unspecified atom stereocenters. The summed E-state index contributed by atoms with van der Waals surface area (Å²) in [5.74, 6) is -1.16. The van der Waals surface area contributed by atoms with E-state index in [1.807, 2.05) is 24.5 Å². The maximum absolute atomic E-state index is 12.0. The van der Waals surface area contributed by atoms with Gasteiger partial charge in [0.15, 0.2) is 6.61 Å². The molecule has 1 fully saturated rings. The molecular formula is C15H20N2O5S2. The molecule has 0 aliphatic carbocycles. The lowest BCUT2D eigenvalue weighted by molar-refractivity contribution is -0.150. The van der Waals surface area contributed by atoms with E-state index in [1.165, 1.54) is 0 Å². The van der Waals surface area contributed by atoms with E-state index in [2.05, 4.69) is 5.32 Å². The van der Waals surface area contributed by atoms with Crippen molar-refractivity contribution in [2.75, 3.05) is 31.0 Å². The number of esters is 1. The molecule has 1 saturated heterocycles. The lowest BCUT2D eigenvalue weighted by Gasteiger charge is -2.20. The number of carbonyl (C=O) groups excluding carboxylic acids is 2. The van der Waals surface area contributed by atoms with Crippen LogP contribution in [0.25, 0.3) is 0 Å². The van der Waals surface area contributed by atoms with Crippen LogP contribution in [0.15, 0.2) is 29.2 Å². The summed E-state index contributed by atoms with van der Waals surface area (Å²) < 4.78 is 29.3. The first-order valence-electron chi connectivity index (χ1n) is 7.38. The zero-order valence-corrected chi connectivity index (χ0v) is 15.2. The molecule has 1 atom stereocenters. The lowest BCUT2D eigenvalue weighted by atomic mass is 10.2. The molecule has 0 bridgehead atoms. The molecule has 2 rings (SSSR count). The minimum absolute atomic E-state index is 0.298. The Labute approximate surface area is 145 Å². The number of sulfonamides is 1. The number of ether oxygens (including phenoxy) is 1. The molecule has 1 aromatic carbocycles. The van der Waals surface area contributed by atoms with E-state index < -0.39 is 34.5 Å². The monoisotopic (exact) mass is 372 g/mol. The Morgan fingerprint density at radius 2 is 2.17 bits per heavy atom. The van der Waals surface area contributed by atoms with Gasteiger partial charge in [-0.05, 0) is 37.3 Å². The van der Waals surface area contributed by atoms with Crippen molar-refractivity contribution in [3.05, 3.63) is 24.3 Å². The van der Waals surface area contributed by atoms with Crippen molar-refractivity contribution in [1.82, 2.24) is 4.31 Å². The molecule has 1 N–H and O–H groups in total. The van der Waals surface area contributed by atoms with Gasteiger partial charge < -0.3 is 10.1 Å². The molecule has 1 aliphatic rings. The van der Waals surface area contributed by atoms with Crippen LogP contribution in [0.5, 0.6) is 0 Å². The van der Waals surface area contributed by atoms with Crippen LogP contribution in [0, 0.1) is 0 Å². The molecule has 1 aromatic rings. The zero-order valence-electron chi connectivity index (χ0n) is 13.5. The van der Waals surface area contributed by atoms with Gasteiger partial charge in [-0.3, -0.25) is 9.59 Å². The first kappa shape index (κ1) is 18.8. The Morgan fingerprint density at radius 1 is 1.42 bits per heavy atom. The Hall–Kier alpha value is -1.58. The van der Waals surface area contributed by atoms with E-state index in [1.54, 1.807) is 17.8 Å². The Balaban J connectivity index is 1.88. The van der Waals surface area contributed by atoms with Crippen molar-refractivity contribution in [2.45, 2.75) is 23.8 Å². The third-order valence-corrected chi connectivity index (χ3v) is 5.62. The quantitative estimate of drug-likeness (QED) is 0.598. The second-order valence-electron chi connectivity index (χ2n) is 5.42. The van der Waals surface area contributed by atoms with Gasteiger partial charge in [-0.2, -0.15) is 4.31 Å². The van der Waals surface area contributed by atoms with Gasteiger partial charge >= 0.3 is 5.97 Å². The minimum atomic E-state index is -3.46. The van der Waals surface area contributed by atoms with Crippen molar-refractivity contribution in [3.63, 3.8) is 0 Å². The molecule has 1 heterocycles. The second kappa shape index (κ2) is 8.00. The van der Waals surface area contributed by atoms with Crippen LogP contribution in [0.3, 0.4) is 0 Å². The van der Waals surface area contributed by atoms with Gasteiger partial charge in [0.05, 0.1) is 6.26 Å². The fourth-order valence-electron chi connectivity index (χ4n) is 2.50. The average Bonchev–Trinajstić information content (AvgIpc) is 3.03. The number of hydrogen-bond acceptors (Lipinski definition) is 6. The van der Waals surface area contributed by atoms with E-state index >= 15 is 0 Å². The summed E-state index contributed by atoms with van der Waals surface area (Å²) >= 11 is 1.55. The van der Waals surface area contributed by atoms with Crippen LogP contribution >= 0.6 is 11.8 Å². The molecule has 0 radical (unpaired) electrons. The molecule has 1 aliphatic heterocycles. The third kappa shape index (κ3) is 4.96. The van der Waals surface area contributed by atoms with Gasteiger partial charge in [0.1, 0.15) is 6.04 Å². The number of rotatable bonds is 6. The van der Waals surface area contributed by atoms with Gasteiger partial charge in [-0.15, -0.1) is 11.8 Å². The van der Waals surface area contributed by atoms with Crippen LogP contribution in [-0.2, 0) is 24.3 Å². The van der Waals surface area contributed by atoms with E-state index in [-0.39, 0.29) is 0 Å². The summed E-state index contributed by atoms with van der Waals surface area (Å²) in [6.45, 7) is -0.150. The largest absolute Gasteiger partial charge is 0.454 e. The maximum atomic E-state index is 12.0. The molecule has 9 heteroatoms. The summed E-state index contributed by atoms with van der Waals surface area (Å²) in [5, 5.41) is 2.64. The standard InChI is InChI=1S/C15H20N2O5S2/c1-23-12-6-3-5-11(9-12)16-14(18)10-22-15(19)13-7-4-8-17(13)24(2,20)21/h3,5-6,9,13H,4,7-8,10H2,1-2H3,(H,16,18)/t13-/m0/s1. The maximum Gasteiger partial charge on any atom is 0.324 e. The summed E-state index contributed by atoms with van der Waals surface area (Å²) in [6, 6.07) is 6.44. The van der Waals surface area contributed by atoms with Crippen molar-refractivity contribution >= 4 is 39.3 Å². The highest BCUT2D eigenvalue weighted by molar-refractivity contribution is 7.98. The van der Waals surface area contributed by atoms with Gasteiger partial charge in [-0.1, -0.05) is 6.07 Å². The number of amides is 1. The normalized spacial score (nSPS) is 18.3. The van der Waals surface area contributed by atoms with Crippen molar-refractivity contribution < 1.29 is 22.7 Å². The molecule has 0 spiro atoms. The molecule has 0 aromatic heterocycles. The molecule has 7 nitrogen and oxygen atoms in total. The summed E-state index contributed by atoms with van der Waals surface area (Å²) in [5.41, 5.74) is 0.613. The summed E-state index contributed by atoms with van der Waals surface area (Å²) in [7, 11) is -3.46. The highest BCUT2D eigenvalue weighted by Gasteiger charge is 2.37. The van der Waals surface area contributed by atoms with E-state index in [9.17, 15) is 18.0 Å². The van der Waals surface area contributed by atoms with Crippen LogP contribution < -0.4 is 5.32 Å². The van der Waals surface area contributed by atoms with Gasteiger partial charge in [0, 0.05) is 17.1 Å². The number of benzene rings is 1. The van der Waals surface area contributed by atoms with Crippen molar-refractivity contribution in [1.29, 1.82) is 0 Å². The predicted molar refractivity (Wildman–Crippen MR) is 92.4 cm³/mol. The molecular weight excluding hydrogens is 352 g/mol. The predicted octanol–water partition coefficient (Wildman–Crippen LogP) is 1.31. The first-order chi connectivity index (χ1) is 11.3. The van der Waals surface area contributed by atoms with Crippen LogP contribution in [0.1, 0.15) is 12.8 Å². The van der Waals surface area contributed by atoms with Gasteiger partial charge in [-0.25, -0.2) is 8.42 Å². The van der Waals surface area contributed by atoms with Crippen molar-refractivity contribution in [3.8, 4) is 0 Å². The zero-order chi connectivity index (χ0) is 17.7. The van der Waals surface area contributed by atoms with Gasteiger partial charge in [0.25, 0.3) is 5.91 Å². The number of thioether (sulfide) groups is 1. The van der Waals surface area contributed by atoms with Crippen LogP contribution in [-0.4, -0.2) is 56.3 Å². The minimum Gasteiger partial charge on any atom is -0.454 e. The van der Waals surface area contributed by atoms with E-state index in [0.717, 1.165) is 15.5 Å². The number of anilines is 1. The topological polar surface area (TPSA) is 92.8 Å². The van der Waals surface area contributed by atoms with E-state index in [4.69, 9.17) is 4.74 Å². The van der Waals surface area contributed by atoms with Crippen molar-refractivity contribution in [2.24, 2.45) is 0 Å². The Morgan fingerprint density at radius 3 is 2.83 bits per heavy atom. The molecule has 132 valence electrons. The molecule has 0 saturated carbocycles. The summed E-state index contributed by atoms with van der Waals surface area (Å²) in [4.78, 5) is 24.9. The number of nitrogens with one attached hydrogen (secondary N) is 1. The fraction of sp³-hybridized carbons (Fsp3) is 0.467. The number of carbonyl (C=O) groups is 2. The Kier molecular flexibility index (Phi) is 6.25. The summed E-state index contributed by atoms with van der Waals surface area (Å²) in [6.07, 6.45) is 3.99. The third-order valence-electron chi connectivity index (χ3n) is 3.60. The second-order valence-corrected chi connectivity index (χ2v) is 8.23. The average molecular weight is 372 g/mol. The smallest absolute Gasteiger partial charge is 0.324 e. The highest BCUT2D eigenvalue weighted by Crippen LogP contribution is 2.21. The number of hydrogen-bond donors (Lipinski definition) is 1.